The van der Waals surface area contributed by atoms with Gasteiger partial charge in [-0.15, -0.1) is 10.2 Å². The molecule has 1 fully saturated rings. The van der Waals surface area contributed by atoms with Gasteiger partial charge in [-0.1, -0.05) is 25.1 Å². The minimum Gasteiger partial charge on any atom is -0.321 e. The van der Waals surface area contributed by atoms with Gasteiger partial charge in [-0.2, -0.15) is 18.3 Å². The molecule has 1 saturated heterocycles. The number of H-pyrrole nitrogens is 1. The second-order valence-corrected chi connectivity index (χ2v) is 9.17. The van der Waals surface area contributed by atoms with Gasteiger partial charge in [0.2, 0.25) is 0 Å². The first-order valence-electron chi connectivity index (χ1n) is 11.4. The fourth-order valence-corrected chi connectivity index (χ4v) is 4.58. The zero-order valence-electron chi connectivity index (χ0n) is 19.3. The van der Waals surface area contributed by atoms with E-state index in [1.54, 1.807) is 6.33 Å². The van der Waals surface area contributed by atoms with Crippen LogP contribution in [0.2, 0.25) is 0 Å². The molecule has 0 spiro atoms. The fourth-order valence-electron chi connectivity index (χ4n) is 4.58. The van der Waals surface area contributed by atoms with Crippen LogP contribution in [0.25, 0.3) is 22.3 Å². The van der Waals surface area contributed by atoms with Gasteiger partial charge in [-0.05, 0) is 35.6 Å². The van der Waals surface area contributed by atoms with Crippen LogP contribution in [0.4, 0.5) is 17.6 Å². The van der Waals surface area contributed by atoms with E-state index in [0.29, 0.717) is 41.7 Å². The molecule has 35 heavy (non-hydrogen) atoms. The molecule has 1 aliphatic rings. The van der Waals surface area contributed by atoms with Crippen molar-refractivity contribution >= 4 is 11.0 Å². The first-order chi connectivity index (χ1) is 16.7. The van der Waals surface area contributed by atoms with E-state index < -0.39 is 18.0 Å². The van der Waals surface area contributed by atoms with Crippen molar-refractivity contribution in [3.63, 3.8) is 0 Å². The summed E-state index contributed by atoms with van der Waals surface area (Å²) < 4.78 is 56.7. The lowest BCUT2D eigenvalue weighted by molar-refractivity contribution is -0.141. The number of aryl methyl sites for hydroxylation is 1. The molecule has 2 atom stereocenters. The van der Waals surface area contributed by atoms with E-state index in [1.807, 2.05) is 40.8 Å². The van der Waals surface area contributed by atoms with Crippen LogP contribution in [-0.2, 0) is 26.2 Å². The van der Waals surface area contributed by atoms with Gasteiger partial charge in [0.05, 0.1) is 5.52 Å². The zero-order valence-corrected chi connectivity index (χ0v) is 19.3. The average molecular weight is 488 g/mol. The van der Waals surface area contributed by atoms with Crippen LogP contribution in [0.5, 0.6) is 0 Å². The molecule has 0 radical (unpaired) electrons. The van der Waals surface area contributed by atoms with E-state index in [9.17, 15) is 17.6 Å². The van der Waals surface area contributed by atoms with E-state index in [0.717, 1.165) is 17.5 Å². The molecule has 0 bridgehead atoms. The number of aromatic amines is 1. The number of hydrogen-bond donors (Lipinski definition) is 1. The van der Waals surface area contributed by atoms with Crippen LogP contribution >= 0.6 is 0 Å². The molecule has 1 unspecified atom stereocenters. The van der Waals surface area contributed by atoms with Gasteiger partial charge in [0, 0.05) is 38.7 Å². The number of likely N-dealkylation sites (tertiary alicyclic amines) is 1. The Kier molecular flexibility index (Phi) is 6.04. The minimum absolute atomic E-state index is 0.0983. The maximum absolute atomic E-state index is 13.7. The summed E-state index contributed by atoms with van der Waals surface area (Å²) in [7, 11) is 1.88. The Labute approximate surface area is 199 Å². The summed E-state index contributed by atoms with van der Waals surface area (Å²) in [4.78, 5) is 5.76. The van der Waals surface area contributed by atoms with Gasteiger partial charge in [-0.25, -0.2) is 9.37 Å². The third kappa shape index (κ3) is 4.77. The number of fused-ring (bicyclic) bond motifs is 1. The highest BCUT2D eigenvalue weighted by molar-refractivity contribution is 5.91. The second-order valence-electron chi connectivity index (χ2n) is 9.17. The lowest BCUT2D eigenvalue weighted by Crippen LogP contribution is -2.21. The van der Waals surface area contributed by atoms with E-state index in [-0.39, 0.29) is 24.5 Å². The lowest BCUT2D eigenvalue weighted by atomic mass is 9.95. The van der Waals surface area contributed by atoms with Gasteiger partial charge in [-0.3, -0.25) is 10.00 Å². The zero-order chi connectivity index (χ0) is 24.7. The summed E-state index contributed by atoms with van der Waals surface area (Å²) >= 11 is 0. The molecule has 11 heteroatoms. The van der Waals surface area contributed by atoms with Crippen molar-refractivity contribution in [2.75, 3.05) is 13.1 Å². The Bertz CT molecular complexity index is 1340. The number of pyridine rings is 1. The van der Waals surface area contributed by atoms with Gasteiger partial charge < -0.3 is 4.57 Å². The van der Waals surface area contributed by atoms with E-state index >= 15 is 0 Å². The van der Waals surface area contributed by atoms with Crippen molar-refractivity contribution in [3.8, 4) is 11.3 Å². The number of aromatic nitrogens is 6. The fraction of sp³-hybridized carbons (Fsp3) is 0.417. The summed E-state index contributed by atoms with van der Waals surface area (Å²) in [6.07, 6.45) is -2.89. The third-order valence-electron chi connectivity index (χ3n) is 6.53. The summed E-state index contributed by atoms with van der Waals surface area (Å²) in [5.41, 5.74) is 2.04. The Morgan fingerprint density at radius 3 is 2.74 bits per heavy atom. The van der Waals surface area contributed by atoms with E-state index in [1.165, 1.54) is 0 Å². The molecule has 1 aliphatic heterocycles. The Morgan fingerprint density at radius 2 is 2.06 bits per heavy atom. The van der Waals surface area contributed by atoms with Crippen molar-refractivity contribution in [3.05, 3.63) is 59.3 Å². The number of halogens is 4. The second kappa shape index (κ2) is 9.03. The largest absolute Gasteiger partial charge is 0.433 e. The highest BCUT2D eigenvalue weighted by Crippen LogP contribution is 2.35. The minimum atomic E-state index is -4.61. The van der Waals surface area contributed by atoms with Crippen LogP contribution in [-0.4, -0.2) is 54.1 Å². The molecular weight excluding hydrogens is 462 g/mol. The number of hydrogen-bond acceptors (Lipinski definition) is 5. The van der Waals surface area contributed by atoms with Crippen molar-refractivity contribution < 1.29 is 17.6 Å². The quantitative estimate of drug-likeness (QED) is 0.401. The lowest BCUT2D eigenvalue weighted by Gasteiger charge is -2.16. The first-order valence-corrected chi connectivity index (χ1v) is 11.4. The molecule has 4 heterocycles. The Morgan fingerprint density at radius 1 is 1.23 bits per heavy atom. The number of nitrogens with one attached hydrogen (secondary N) is 1. The van der Waals surface area contributed by atoms with Gasteiger partial charge in [0.1, 0.15) is 35.2 Å². The van der Waals surface area contributed by atoms with Crippen LogP contribution in [0.3, 0.4) is 0 Å². The number of benzene rings is 1. The number of rotatable bonds is 6. The predicted molar refractivity (Wildman–Crippen MR) is 122 cm³/mol. The standard InChI is InChI=1S/C24H25F4N7/c1-14(8-20-31-29-13-34(20)2)15-4-3-5-16(9-15)21-23-22(33-32-21)17(10-19(30-23)24(26,27)28)11-35-7-6-18(25)12-35/h3-5,9-10,13-14,18H,6-8,11-12H2,1-2H3,(H,32,33)/t14?,18-/m0/s1. The third-order valence-corrected chi connectivity index (χ3v) is 6.53. The molecule has 1 N–H and O–H groups in total. The van der Waals surface area contributed by atoms with Crippen LogP contribution in [0.15, 0.2) is 36.7 Å². The van der Waals surface area contributed by atoms with Crippen molar-refractivity contribution in [2.24, 2.45) is 7.05 Å². The van der Waals surface area contributed by atoms with Crippen molar-refractivity contribution in [2.45, 2.75) is 44.6 Å². The maximum atomic E-state index is 13.7. The molecule has 0 saturated carbocycles. The molecule has 0 aliphatic carbocycles. The molecule has 4 aromatic rings. The SMILES string of the molecule is CC(Cc1nncn1C)c1cccc(-c2n[nH]c3c(CN4CC[C@H](F)C4)cc(C(F)(F)F)nc23)c1. The van der Waals surface area contributed by atoms with Crippen LogP contribution < -0.4 is 0 Å². The topological polar surface area (TPSA) is 75.5 Å². The Balaban J connectivity index is 1.52. The molecule has 5 rings (SSSR count). The van der Waals surface area contributed by atoms with Gasteiger partial charge in [0.25, 0.3) is 0 Å². The average Bonchev–Trinajstić information content (AvgIpc) is 3.53. The first kappa shape index (κ1) is 23.4. The highest BCUT2D eigenvalue weighted by Gasteiger charge is 2.35. The molecule has 184 valence electrons. The highest BCUT2D eigenvalue weighted by atomic mass is 19.4. The van der Waals surface area contributed by atoms with Crippen molar-refractivity contribution in [1.82, 2.24) is 34.8 Å². The molecule has 7 nitrogen and oxygen atoms in total. The Hall–Kier alpha value is -3.34. The molecule has 1 aromatic carbocycles. The van der Waals surface area contributed by atoms with Gasteiger partial charge in [0.15, 0.2) is 0 Å². The number of alkyl halides is 4. The van der Waals surface area contributed by atoms with Crippen molar-refractivity contribution in [1.29, 1.82) is 0 Å². The summed E-state index contributed by atoms with van der Waals surface area (Å²) in [5, 5.41) is 15.3. The van der Waals surface area contributed by atoms with Crippen LogP contribution in [0.1, 0.15) is 41.9 Å². The summed E-state index contributed by atoms with van der Waals surface area (Å²) in [5.74, 6) is 0.938. The predicted octanol–water partition coefficient (Wildman–Crippen LogP) is 4.66. The molecule has 3 aromatic heterocycles. The normalized spacial score (nSPS) is 17.9. The van der Waals surface area contributed by atoms with Gasteiger partial charge >= 0.3 is 6.18 Å². The summed E-state index contributed by atoms with van der Waals surface area (Å²) in [6.45, 7) is 2.96. The smallest absolute Gasteiger partial charge is 0.321 e. The molecular formula is C24H25F4N7. The molecule has 0 amide bonds. The maximum Gasteiger partial charge on any atom is 0.433 e. The monoisotopic (exact) mass is 487 g/mol. The van der Waals surface area contributed by atoms with E-state index in [4.69, 9.17) is 0 Å². The number of nitrogens with zero attached hydrogens (tertiary/aromatic N) is 6. The van der Waals surface area contributed by atoms with E-state index in [2.05, 4.69) is 32.3 Å². The summed E-state index contributed by atoms with van der Waals surface area (Å²) in [6, 6.07) is 8.60. The van der Waals surface area contributed by atoms with Crippen LogP contribution in [0, 0.1) is 0 Å².